The van der Waals surface area contributed by atoms with E-state index >= 15 is 0 Å². The highest BCUT2D eigenvalue weighted by Crippen LogP contribution is 2.27. The van der Waals surface area contributed by atoms with Gasteiger partial charge in [-0.25, -0.2) is 8.42 Å². The highest BCUT2D eigenvalue weighted by molar-refractivity contribution is 7.91. The molecule has 0 aliphatic rings. The molecule has 0 unspecified atom stereocenters. The number of carbonyl (C=O) groups is 1. The van der Waals surface area contributed by atoms with Crippen LogP contribution in [0.3, 0.4) is 0 Å². The van der Waals surface area contributed by atoms with Gasteiger partial charge in [0.05, 0.1) is 28.6 Å². The number of carbonyl (C=O) groups excluding carboxylic acids is 1. The molecule has 6 nitrogen and oxygen atoms in total. The molecule has 2 aromatic carbocycles. The van der Waals surface area contributed by atoms with Crippen molar-refractivity contribution in [3.8, 4) is 22.4 Å². The van der Waals surface area contributed by atoms with E-state index in [1.54, 1.807) is 36.7 Å². The van der Waals surface area contributed by atoms with Gasteiger partial charge in [-0.1, -0.05) is 43.3 Å². The highest BCUT2D eigenvalue weighted by atomic mass is 32.2. The molecule has 0 atom stereocenters. The lowest BCUT2D eigenvalue weighted by molar-refractivity contribution is -0.144. The summed E-state index contributed by atoms with van der Waals surface area (Å²) in [6.45, 7) is 5.66. The van der Waals surface area contributed by atoms with E-state index in [0.29, 0.717) is 11.5 Å². The van der Waals surface area contributed by atoms with Gasteiger partial charge >= 0.3 is 5.97 Å². The fraction of sp³-hybridized carbons (Fsp3) is 0.273. The van der Waals surface area contributed by atoms with Crippen LogP contribution in [0.2, 0.25) is 0 Å². The number of esters is 1. The van der Waals surface area contributed by atoms with E-state index < -0.39 is 9.84 Å². The summed E-state index contributed by atoms with van der Waals surface area (Å²) in [5, 5.41) is 4.39. The number of sulfone groups is 1. The first-order chi connectivity index (χ1) is 13.8. The SMILES string of the molecule is CCOC(=O)Cn1nc(C)cc1-c1ccc(-c2cccc(S(=O)(=O)CC)c2)cc1. The van der Waals surface area contributed by atoms with Gasteiger partial charge in [0.25, 0.3) is 0 Å². The molecule has 0 radical (unpaired) electrons. The summed E-state index contributed by atoms with van der Waals surface area (Å²) in [6.07, 6.45) is 0. The number of nitrogens with zero attached hydrogens (tertiary/aromatic N) is 2. The van der Waals surface area contributed by atoms with E-state index in [9.17, 15) is 13.2 Å². The molecule has 29 heavy (non-hydrogen) atoms. The molecule has 0 bridgehead atoms. The Balaban J connectivity index is 1.91. The average Bonchev–Trinajstić information content (AvgIpc) is 3.08. The molecule has 1 heterocycles. The summed E-state index contributed by atoms with van der Waals surface area (Å²) < 4.78 is 31.0. The minimum atomic E-state index is -3.25. The second-order valence-corrected chi connectivity index (χ2v) is 8.92. The number of hydrogen-bond donors (Lipinski definition) is 0. The predicted octanol–water partition coefficient (Wildman–Crippen LogP) is 3.88. The van der Waals surface area contributed by atoms with E-state index in [-0.39, 0.29) is 18.3 Å². The summed E-state index contributed by atoms with van der Waals surface area (Å²) in [6, 6.07) is 16.6. The van der Waals surface area contributed by atoms with Gasteiger partial charge in [-0.2, -0.15) is 5.10 Å². The lowest BCUT2D eigenvalue weighted by Gasteiger charge is -2.09. The molecule has 0 amide bonds. The zero-order valence-corrected chi connectivity index (χ0v) is 17.6. The largest absolute Gasteiger partial charge is 0.465 e. The molecule has 0 aliphatic carbocycles. The zero-order valence-electron chi connectivity index (χ0n) is 16.8. The molecule has 0 aliphatic heterocycles. The third kappa shape index (κ3) is 4.74. The van der Waals surface area contributed by atoms with Gasteiger partial charge in [-0.3, -0.25) is 9.48 Å². The van der Waals surface area contributed by atoms with Crippen LogP contribution in [0.25, 0.3) is 22.4 Å². The van der Waals surface area contributed by atoms with Crippen LogP contribution in [0.4, 0.5) is 0 Å². The summed E-state index contributed by atoms with van der Waals surface area (Å²) in [5.74, 6) is -0.262. The van der Waals surface area contributed by atoms with Crippen LogP contribution in [-0.2, 0) is 25.9 Å². The molecule has 0 spiro atoms. The topological polar surface area (TPSA) is 78.3 Å². The Morgan fingerprint density at radius 1 is 1.00 bits per heavy atom. The van der Waals surface area contributed by atoms with Gasteiger partial charge in [0.1, 0.15) is 6.54 Å². The van der Waals surface area contributed by atoms with E-state index in [1.165, 1.54) is 0 Å². The Morgan fingerprint density at radius 3 is 2.34 bits per heavy atom. The smallest absolute Gasteiger partial charge is 0.327 e. The molecule has 0 fully saturated rings. The number of hydrogen-bond acceptors (Lipinski definition) is 5. The second-order valence-electron chi connectivity index (χ2n) is 6.64. The Hall–Kier alpha value is -2.93. The molecule has 152 valence electrons. The number of benzene rings is 2. The van der Waals surface area contributed by atoms with E-state index in [0.717, 1.165) is 28.1 Å². The summed E-state index contributed by atoms with van der Waals surface area (Å²) in [4.78, 5) is 12.2. The van der Waals surface area contributed by atoms with Crippen molar-refractivity contribution in [3.05, 3.63) is 60.3 Å². The standard InChI is InChI=1S/C22H24N2O4S/c1-4-28-22(25)15-24-21(13-16(3)23-24)18-11-9-17(10-12-18)19-7-6-8-20(14-19)29(26,27)5-2/h6-14H,4-5,15H2,1-3H3. The maximum Gasteiger partial charge on any atom is 0.327 e. The Bertz CT molecular complexity index is 1120. The van der Waals surface area contributed by atoms with Crippen LogP contribution >= 0.6 is 0 Å². The maximum atomic E-state index is 12.2. The van der Waals surface area contributed by atoms with Crippen molar-refractivity contribution >= 4 is 15.8 Å². The molecule has 1 aromatic heterocycles. The molecule has 3 rings (SSSR count). The molecular weight excluding hydrogens is 388 g/mol. The second kappa shape index (κ2) is 8.61. The van der Waals surface area contributed by atoms with Gasteiger partial charge in [-0.15, -0.1) is 0 Å². The Kier molecular flexibility index (Phi) is 6.17. The fourth-order valence-electron chi connectivity index (χ4n) is 3.10. The minimum absolute atomic E-state index is 0.0513. The highest BCUT2D eigenvalue weighted by Gasteiger charge is 2.14. The molecule has 0 saturated heterocycles. The summed E-state index contributed by atoms with van der Waals surface area (Å²) in [7, 11) is -3.25. The predicted molar refractivity (Wildman–Crippen MR) is 112 cm³/mol. The first kappa shape index (κ1) is 20.8. The van der Waals surface area contributed by atoms with Crippen LogP contribution in [0.15, 0.2) is 59.5 Å². The minimum Gasteiger partial charge on any atom is -0.465 e. The molecule has 3 aromatic rings. The van der Waals surface area contributed by atoms with Gasteiger partial charge in [0, 0.05) is 0 Å². The number of aromatic nitrogens is 2. The monoisotopic (exact) mass is 412 g/mol. The maximum absolute atomic E-state index is 12.2. The Labute approximate surface area is 171 Å². The first-order valence-corrected chi connectivity index (χ1v) is 11.1. The van der Waals surface area contributed by atoms with Gasteiger partial charge in [0.2, 0.25) is 0 Å². The van der Waals surface area contributed by atoms with Gasteiger partial charge < -0.3 is 4.74 Å². The van der Waals surface area contributed by atoms with Crippen molar-refractivity contribution in [3.63, 3.8) is 0 Å². The third-order valence-electron chi connectivity index (χ3n) is 4.57. The Morgan fingerprint density at radius 2 is 1.69 bits per heavy atom. The average molecular weight is 413 g/mol. The lowest BCUT2D eigenvalue weighted by Crippen LogP contribution is -2.15. The number of aryl methyl sites for hydroxylation is 1. The number of ether oxygens (including phenoxy) is 1. The van der Waals surface area contributed by atoms with E-state index in [4.69, 9.17) is 4.74 Å². The van der Waals surface area contributed by atoms with Crippen LogP contribution in [0.5, 0.6) is 0 Å². The first-order valence-electron chi connectivity index (χ1n) is 9.47. The van der Waals surface area contributed by atoms with E-state index in [2.05, 4.69) is 5.10 Å². The molecule has 0 N–H and O–H groups in total. The fourth-order valence-corrected chi connectivity index (χ4v) is 4.02. The van der Waals surface area contributed by atoms with Crippen LogP contribution in [-0.4, -0.2) is 36.5 Å². The van der Waals surface area contributed by atoms with Crippen molar-refractivity contribution in [2.45, 2.75) is 32.2 Å². The van der Waals surface area contributed by atoms with Crippen molar-refractivity contribution in [1.82, 2.24) is 9.78 Å². The van der Waals surface area contributed by atoms with Crippen molar-refractivity contribution < 1.29 is 17.9 Å². The van der Waals surface area contributed by atoms with Crippen LogP contribution < -0.4 is 0 Å². The lowest BCUT2D eigenvalue weighted by atomic mass is 10.0. The van der Waals surface area contributed by atoms with Crippen molar-refractivity contribution in [2.24, 2.45) is 0 Å². The van der Waals surface area contributed by atoms with E-state index in [1.807, 2.05) is 43.3 Å². The number of rotatable bonds is 7. The van der Waals surface area contributed by atoms with Crippen molar-refractivity contribution in [2.75, 3.05) is 12.4 Å². The molecule has 0 saturated carbocycles. The molecule has 7 heteroatoms. The van der Waals surface area contributed by atoms with Gasteiger partial charge in [-0.05, 0) is 48.7 Å². The molecular formula is C22H24N2O4S. The summed E-state index contributed by atoms with van der Waals surface area (Å²) >= 11 is 0. The van der Waals surface area contributed by atoms with Crippen LogP contribution in [0.1, 0.15) is 19.5 Å². The summed E-state index contributed by atoms with van der Waals surface area (Å²) in [5.41, 5.74) is 4.30. The van der Waals surface area contributed by atoms with Gasteiger partial charge in [0.15, 0.2) is 9.84 Å². The normalized spacial score (nSPS) is 11.4. The quantitative estimate of drug-likeness (QED) is 0.550. The zero-order chi connectivity index (χ0) is 21.0. The van der Waals surface area contributed by atoms with Crippen LogP contribution in [0, 0.1) is 6.92 Å². The third-order valence-corrected chi connectivity index (χ3v) is 6.31. The van der Waals surface area contributed by atoms with Crippen molar-refractivity contribution in [1.29, 1.82) is 0 Å².